The molecule has 264 valence electrons. The number of allylic oxidation sites excluding steroid dienone is 1. The Balaban J connectivity index is 1.13. The molecule has 56 heavy (non-hydrogen) atoms. The molecule has 3 heteroatoms. The van der Waals surface area contributed by atoms with Crippen LogP contribution in [0.5, 0.6) is 0 Å². The lowest BCUT2D eigenvalue weighted by atomic mass is 9.90. The van der Waals surface area contributed by atoms with Gasteiger partial charge in [-0.1, -0.05) is 194 Å². The number of hydrogen-bond donors (Lipinski definition) is 1. The summed E-state index contributed by atoms with van der Waals surface area (Å²) < 4.78 is 0. The van der Waals surface area contributed by atoms with Crippen molar-refractivity contribution < 1.29 is 0 Å². The van der Waals surface area contributed by atoms with Gasteiger partial charge in [0.1, 0.15) is 0 Å². The zero-order valence-corrected chi connectivity index (χ0v) is 30.7. The van der Waals surface area contributed by atoms with Gasteiger partial charge in [-0.25, -0.2) is 9.97 Å². The number of nitrogens with zero attached hydrogens (tertiary/aromatic N) is 2. The highest BCUT2D eigenvalue weighted by Gasteiger charge is 2.15. The molecule has 0 aliphatic rings. The monoisotopic (exact) mass is 715 g/mol. The maximum Gasteiger partial charge on any atom is 0.160 e. The Hall–Kier alpha value is -7.49. The number of hydrogen-bond acceptors (Lipinski definition) is 3. The van der Waals surface area contributed by atoms with Crippen LogP contribution < -0.4 is 0 Å². The molecule has 1 N–H and O–H groups in total. The molecule has 0 unspecified atom stereocenters. The van der Waals surface area contributed by atoms with Gasteiger partial charge in [0.05, 0.1) is 17.1 Å². The normalized spacial score (nSPS) is 11.4. The van der Waals surface area contributed by atoms with Crippen molar-refractivity contribution in [2.45, 2.75) is 0 Å². The minimum atomic E-state index is 0.467. The lowest BCUT2D eigenvalue weighted by Crippen LogP contribution is -1.98. The molecule has 0 aliphatic carbocycles. The minimum Gasteiger partial charge on any atom is -0.300 e. The number of benzene rings is 8. The minimum absolute atomic E-state index is 0.467. The first-order chi connectivity index (χ1) is 27.7. The van der Waals surface area contributed by atoms with E-state index in [0.29, 0.717) is 11.5 Å². The summed E-state index contributed by atoms with van der Waals surface area (Å²) >= 11 is 0. The lowest BCUT2D eigenvalue weighted by molar-refractivity contribution is 1.18. The van der Waals surface area contributed by atoms with Crippen LogP contribution in [0.4, 0.5) is 0 Å². The van der Waals surface area contributed by atoms with Gasteiger partial charge in [-0.3, -0.25) is 0 Å². The molecule has 9 rings (SSSR count). The molecule has 0 saturated heterocycles. The molecule has 3 nitrogen and oxygen atoms in total. The Bertz CT molecular complexity index is 2830. The Morgan fingerprint density at radius 1 is 0.375 bits per heavy atom. The van der Waals surface area contributed by atoms with Crippen molar-refractivity contribution >= 4 is 22.1 Å². The fourth-order valence-corrected chi connectivity index (χ4v) is 7.25. The average Bonchev–Trinajstić information content (AvgIpc) is 3.29. The van der Waals surface area contributed by atoms with Crippen molar-refractivity contribution in [1.29, 1.82) is 5.41 Å². The van der Waals surface area contributed by atoms with Gasteiger partial charge in [0.15, 0.2) is 5.82 Å². The van der Waals surface area contributed by atoms with E-state index in [0.717, 1.165) is 72.2 Å². The highest BCUT2D eigenvalue weighted by molar-refractivity contribution is 6.13. The molecule has 1 aromatic heterocycles. The van der Waals surface area contributed by atoms with Gasteiger partial charge in [0.2, 0.25) is 0 Å². The van der Waals surface area contributed by atoms with E-state index in [1.165, 1.54) is 11.1 Å². The molecule has 0 fully saturated rings. The molecule has 0 spiro atoms. The Morgan fingerprint density at radius 2 is 0.857 bits per heavy atom. The molecule has 0 bridgehead atoms. The first kappa shape index (κ1) is 34.3. The largest absolute Gasteiger partial charge is 0.300 e. The standard InChI is InChI=1S/C53H37N3/c54-50(41-19-9-3-10-20-41)35-49(39-17-7-2-8-18-39)47-26-14-23-40-29-32-45(34-48(40)47)44-24-13-25-46(33-44)53-55-51(42-21-11-4-12-22-42)36-52(56-53)43-30-27-38(28-31-43)37-15-5-1-6-16-37/h1-36,54H/b49-35-,54-50?. The summed E-state index contributed by atoms with van der Waals surface area (Å²) in [5.41, 5.74) is 13.8. The van der Waals surface area contributed by atoms with E-state index in [-0.39, 0.29) is 0 Å². The van der Waals surface area contributed by atoms with E-state index in [2.05, 4.69) is 152 Å². The summed E-state index contributed by atoms with van der Waals surface area (Å²) in [4.78, 5) is 10.3. The van der Waals surface area contributed by atoms with Gasteiger partial charge in [0.25, 0.3) is 0 Å². The van der Waals surface area contributed by atoms with Crippen LogP contribution in [0.25, 0.3) is 72.5 Å². The molecule has 0 saturated carbocycles. The highest BCUT2D eigenvalue weighted by Crippen LogP contribution is 2.35. The van der Waals surface area contributed by atoms with E-state index in [9.17, 15) is 0 Å². The molecule has 0 aliphatic heterocycles. The van der Waals surface area contributed by atoms with E-state index < -0.39 is 0 Å². The Kier molecular flexibility index (Phi) is 9.47. The van der Waals surface area contributed by atoms with Crippen molar-refractivity contribution in [3.63, 3.8) is 0 Å². The quantitative estimate of drug-likeness (QED) is 0.151. The van der Waals surface area contributed by atoms with Crippen LogP contribution in [0.3, 0.4) is 0 Å². The average molecular weight is 716 g/mol. The summed E-state index contributed by atoms with van der Waals surface area (Å²) in [6, 6.07) is 73.3. The molecule has 0 amide bonds. The van der Waals surface area contributed by atoms with Gasteiger partial charge in [-0.15, -0.1) is 0 Å². The molecule has 8 aromatic carbocycles. The lowest BCUT2D eigenvalue weighted by Gasteiger charge is -2.14. The maximum atomic E-state index is 9.05. The summed E-state index contributed by atoms with van der Waals surface area (Å²) in [6.07, 6.45) is 2.00. The summed E-state index contributed by atoms with van der Waals surface area (Å²) in [7, 11) is 0. The van der Waals surface area contributed by atoms with E-state index in [4.69, 9.17) is 15.4 Å². The molecule has 0 atom stereocenters. The smallest absolute Gasteiger partial charge is 0.160 e. The summed E-state index contributed by atoms with van der Waals surface area (Å²) in [5.74, 6) is 0.672. The zero-order chi connectivity index (χ0) is 37.7. The predicted octanol–water partition coefficient (Wildman–Crippen LogP) is 13.5. The number of rotatable bonds is 9. The van der Waals surface area contributed by atoms with E-state index in [1.807, 2.05) is 66.7 Å². The van der Waals surface area contributed by atoms with Gasteiger partial charge in [0, 0.05) is 16.7 Å². The van der Waals surface area contributed by atoms with Crippen LogP contribution >= 0.6 is 0 Å². The van der Waals surface area contributed by atoms with Crippen molar-refractivity contribution in [3.05, 3.63) is 235 Å². The predicted molar refractivity (Wildman–Crippen MR) is 234 cm³/mol. The summed E-state index contributed by atoms with van der Waals surface area (Å²) in [6.45, 7) is 0. The van der Waals surface area contributed by atoms with Crippen molar-refractivity contribution in [1.82, 2.24) is 9.97 Å². The second kappa shape index (κ2) is 15.5. The first-order valence-corrected chi connectivity index (χ1v) is 18.8. The Labute approximate surface area is 327 Å². The molecular weight excluding hydrogens is 679 g/mol. The van der Waals surface area contributed by atoms with E-state index >= 15 is 0 Å². The number of nitrogens with one attached hydrogen (secondary N) is 1. The third kappa shape index (κ3) is 7.22. The number of fused-ring (bicyclic) bond motifs is 1. The third-order valence-corrected chi connectivity index (χ3v) is 10.2. The van der Waals surface area contributed by atoms with Gasteiger partial charge in [-0.05, 0) is 79.6 Å². The van der Waals surface area contributed by atoms with Crippen molar-refractivity contribution in [2.75, 3.05) is 0 Å². The van der Waals surface area contributed by atoms with Gasteiger partial charge in [-0.2, -0.15) is 0 Å². The highest BCUT2D eigenvalue weighted by atomic mass is 14.9. The van der Waals surface area contributed by atoms with Crippen molar-refractivity contribution in [3.8, 4) is 56.2 Å². The molecular formula is C53H37N3. The summed E-state index contributed by atoms with van der Waals surface area (Å²) in [5, 5.41) is 11.3. The molecule has 1 heterocycles. The fraction of sp³-hybridized carbons (Fsp3) is 0. The van der Waals surface area contributed by atoms with Crippen LogP contribution in [0.1, 0.15) is 16.7 Å². The maximum absolute atomic E-state index is 9.05. The van der Waals surface area contributed by atoms with Crippen LogP contribution in [0.15, 0.2) is 218 Å². The topological polar surface area (TPSA) is 49.6 Å². The second-order valence-corrected chi connectivity index (χ2v) is 13.8. The number of aromatic nitrogens is 2. The van der Waals surface area contributed by atoms with Crippen LogP contribution in [-0.4, -0.2) is 15.7 Å². The van der Waals surface area contributed by atoms with Gasteiger partial charge >= 0.3 is 0 Å². The van der Waals surface area contributed by atoms with Crippen LogP contribution in [0.2, 0.25) is 0 Å². The zero-order valence-electron chi connectivity index (χ0n) is 30.7. The van der Waals surface area contributed by atoms with Crippen LogP contribution in [-0.2, 0) is 0 Å². The molecule has 0 radical (unpaired) electrons. The fourth-order valence-electron chi connectivity index (χ4n) is 7.25. The first-order valence-electron chi connectivity index (χ1n) is 18.8. The second-order valence-electron chi connectivity index (χ2n) is 13.8. The van der Waals surface area contributed by atoms with E-state index in [1.54, 1.807) is 0 Å². The molecule has 9 aromatic rings. The van der Waals surface area contributed by atoms with Crippen LogP contribution in [0, 0.1) is 5.41 Å². The SMILES string of the molecule is N=C(/C=C(/c1ccccc1)c1cccc2ccc(-c3cccc(-c4nc(-c5ccccc5)cc(-c5ccc(-c6ccccc6)cc5)n4)c3)cc12)c1ccccc1. The Morgan fingerprint density at radius 3 is 1.54 bits per heavy atom. The third-order valence-electron chi connectivity index (χ3n) is 10.2. The van der Waals surface area contributed by atoms with Crippen molar-refractivity contribution in [2.24, 2.45) is 0 Å². The van der Waals surface area contributed by atoms with Gasteiger partial charge < -0.3 is 5.41 Å².